The number of hydrogen-bond donors (Lipinski definition) is 0. The summed E-state index contributed by atoms with van der Waals surface area (Å²) >= 11 is 3.38. The van der Waals surface area contributed by atoms with Gasteiger partial charge in [0.05, 0.1) is 11.6 Å². The standard InChI is InChI=1S/C10H10BrNO3/c1-13-5-10-12-7-4-8(14-2)6(11)3-9(7)15-10/h3-4H,5H2,1-2H3. The van der Waals surface area contributed by atoms with E-state index in [2.05, 4.69) is 20.9 Å². The van der Waals surface area contributed by atoms with E-state index < -0.39 is 0 Å². The average molecular weight is 272 g/mol. The highest BCUT2D eigenvalue weighted by atomic mass is 79.9. The van der Waals surface area contributed by atoms with Crippen LogP contribution in [0.1, 0.15) is 5.89 Å². The van der Waals surface area contributed by atoms with Crippen molar-refractivity contribution in [3.63, 3.8) is 0 Å². The summed E-state index contributed by atoms with van der Waals surface area (Å²) in [7, 11) is 3.22. The lowest BCUT2D eigenvalue weighted by Gasteiger charge is -2.00. The quantitative estimate of drug-likeness (QED) is 0.861. The van der Waals surface area contributed by atoms with Gasteiger partial charge in [0.1, 0.15) is 17.9 Å². The fourth-order valence-corrected chi connectivity index (χ4v) is 1.80. The van der Waals surface area contributed by atoms with Crippen LogP contribution in [-0.4, -0.2) is 19.2 Å². The molecule has 1 aromatic carbocycles. The van der Waals surface area contributed by atoms with E-state index in [4.69, 9.17) is 13.9 Å². The van der Waals surface area contributed by atoms with Gasteiger partial charge < -0.3 is 13.9 Å². The predicted molar refractivity (Wildman–Crippen MR) is 59.0 cm³/mol. The maximum Gasteiger partial charge on any atom is 0.221 e. The number of ether oxygens (including phenoxy) is 2. The molecular formula is C10H10BrNO3. The molecule has 0 fully saturated rings. The third-order valence-corrected chi connectivity index (χ3v) is 2.59. The van der Waals surface area contributed by atoms with Gasteiger partial charge in [-0.15, -0.1) is 0 Å². The van der Waals surface area contributed by atoms with Crippen molar-refractivity contribution in [2.45, 2.75) is 6.61 Å². The van der Waals surface area contributed by atoms with Gasteiger partial charge in [0.15, 0.2) is 5.58 Å². The van der Waals surface area contributed by atoms with Gasteiger partial charge in [0.2, 0.25) is 5.89 Å². The van der Waals surface area contributed by atoms with Crippen LogP contribution in [0.5, 0.6) is 5.75 Å². The van der Waals surface area contributed by atoms with E-state index in [1.54, 1.807) is 14.2 Å². The maximum absolute atomic E-state index is 5.47. The van der Waals surface area contributed by atoms with Crippen LogP contribution in [0.3, 0.4) is 0 Å². The first kappa shape index (κ1) is 10.4. The Kier molecular flexibility index (Phi) is 2.93. The molecule has 0 radical (unpaired) electrons. The fourth-order valence-electron chi connectivity index (χ4n) is 1.32. The first-order chi connectivity index (χ1) is 7.24. The van der Waals surface area contributed by atoms with E-state index in [1.165, 1.54) is 0 Å². The molecule has 80 valence electrons. The summed E-state index contributed by atoms with van der Waals surface area (Å²) in [6.45, 7) is 0.370. The Hall–Kier alpha value is -1.07. The Labute approximate surface area is 95.3 Å². The fraction of sp³-hybridized carbons (Fsp3) is 0.300. The zero-order valence-corrected chi connectivity index (χ0v) is 10.00. The molecule has 0 spiro atoms. The van der Waals surface area contributed by atoms with Crippen LogP contribution < -0.4 is 4.74 Å². The van der Waals surface area contributed by atoms with Crippen LogP contribution in [0.2, 0.25) is 0 Å². The highest BCUT2D eigenvalue weighted by Crippen LogP contribution is 2.30. The van der Waals surface area contributed by atoms with E-state index in [-0.39, 0.29) is 0 Å². The number of nitrogens with zero attached hydrogens (tertiary/aromatic N) is 1. The van der Waals surface area contributed by atoms with E-state index >= 15 is 0 Å². The molecule has 1 heterocycles. The Bertz CT molecular complexity index is 481. The van der Waals surface area contributed by atoms with Gasteiger partial charge in [0, 0.05) is 19.2 Å². The predicted octanol–water partition coefficient (Wildman–Crippen LogP) is 2.75. The number of hydrogen-bond acceptors (Lipinski definition) is 4. The molecule has 4 nitrogen and oxygen atoms in total. The van der Waals surface area contributed by atoms with Gasteiger partial charge >= 0.3 is 0 Å². The molecule has 2 aromatic rings. The highest BCUT2D eigenvalue weighted by molar-refractivity contribution is 9.10. The number of rotatable bonds is 3. The zero-order valence-electron chi connectivity index (χ0n) is 8.41. The number of fused-ring (bicyclic) bond motifs is 1. The van der Waals surface area contributed by atoms with Crippen molar-refractivity contribution in [3.8, 4) is 5.75 Å². The lowest BCUT2D eigenvalue weighted by molar-refractivity contribution is 0.161. The van der Waals surface area contributed by atoms with Crippen molar-refractivity contribution < 1.29 is 13.9 Å². The molecular weight excluding hydrogens is 262 g/mol. The monoisotopic (exact) mass is 271 g/mol. The van der Waals surface area contributed by atoms with Crippen molar-refractivity contribution >= 4 is 27.0 Å². The van der Waals surface area contributed by atoms with Gasteiger partial charge in [-0.25, -0.2) is 4.98 Å². The molecule has 0 saturated heterocycles. The lowest BCUT2D eigenvalue weighted by Crippen LogP contribution is -1.86. The summed E-state index contributed by atoms with van der Waals surface area (Å²) in [5, 5.41) is 0. The van der Waals surface area contributed by atoms with E-state index in [0.29, 0.717) is 12.5 Å². The largest absolute Gasteiger partial charge is 0.495 e. The number of oxazole rings is 1. The zero-order chi connectivity index (χ0) is 10.8. The van der Waals surface area contributed by atoms with Crippen LogP contribution in [0.4, 0.5) is 0 Å². The molecule has 0 bridgehead atoms. The van der Waals surface area contributed by atoms with Crippen molar-refractivity contribution in [1.29, 1.82) is 0 Å². The van der Waals surface area contributed by atoms with Crippen LogP contribution in [-0.2, 0) is 11.3 Å². The smallest absolute Gasteiger partial charge is 0.221 e. The minimum atomic E-state index is 0.370. The van der Waals surface area contributed by atoms with Crippen LogP contribution in [0, 0.1) is 0 Å². The number of aromatic nitrogens is 1. The van der Waals surface area contributed by atoms with E-state index in [9.17, 15) is 0 Å². The minimum absolute atomic E-state index is 0.370. The molecule has 0 unspecified atom stereocenters. The van der Waals surface area contributed by atoms with Crippen LogP contribution in [0.25, 0.3) is 11.1 Å². The summed E-state index contributed by atoms with van der Waals surface area (Å²) < 4.78 is 16.4. The topological polar surface area (TPSA) is 44.5 Å². The van der Waals surface area contributed by atoms with Crippen LogP contribution in [0.15, 0.2) is 21.0 Å². The van der Waals surface area contributed by atoms with Crippen LogP contribution >= 0.6 is 15.9 Å². The molecule has 0 amide bonds. The number of benzene rings is 1. The number of halogens is 1. The maximum atomic E-state index is 5.47. The molecule has 5 heteroatoms. The molecule has 1 aromatic heterocycles. The van der Waals surface area contributed by atoms with E-state index in [1.807, 2.05) is 12.1 Å². The molecule has 0 saturated carbocycles. The van der Waals surface area contributed by atoms with Gasteiger partial charge in [-0.1, -0.05) is 0 Å². The Morgan fingerprint density at radius 1 is 1.40 bits per heavy atom. The summed E-state index contributed by atoms with van der Waals surface area (Å²) in [4.78, 5) is 4.26. The second-order valence-corrected chi connectivity index (χ2v) is 3.85. The second kappa shape index (κ2) is 4.20. The third kappa shape index (κ3) is 1.98. The van der Waals surface area contributed by atoms with Gasteiger partial charge in [0.25, 0.3) is 0 Å². The normalized spacial score (nSPS) is 10.9. The molecule has 2 rings (SSSR count). The second-order valence-electron chi connectivity index (χ2n) is 3.00. The van der Waals surface area contributed by atoms with Gasteiger partial charge in [-0.2, -0.15) is 0 Å². The Morgan fingerprint density at radius 2 is 2.20 bits per heavy atom. The summed E-state index contributed by atoms with van der Waals surface area (Å²) in [6, 6.07) is 3.66. The molecule has 0 atom stereocenters. The molecule has 0 aliphatic heterocycles. The van der Waals surface area contributed by atoms with Gasteiger partial charge in [-0.3, -0.25) is 0 Å². The first-order valence-corrected chi connectivity index (χ1v) is 5.15. The molecule has 0 N–H and O–H groups in total. The average Bonchev–Trinajstić information content (AvgIpc) is 2.58. The van der Waals surface area contributed by atoms with Crippen molar-refractivity contribution in [2.24, 2.45) is 0 Å². The Morgan fingerprint density at radius 3 is 2.87 bits per heavy atom. The van der Waals surface area contributed by atoms with Crippen molar-refractivity contribution in [2.75, 3.05) is 14.2 Å². The molecule has 0 aliphatic carbocycles. The van der Waals surface area contributed by atoms with E-state index in [0.717, 1.165) is 21.3 Å². The minimum Gasteiger partial charge on any atom is -0.495 e. The molecule has 15 heavy (non-hydrogen) atoms. The van der Waals surface area contributed by atoms with Crippen molar-refractivity contribution in [3.05, 3.63) is 22.5 Å². The first-order valence-electron chi connectivity index (χ1n) is 4.36. The highest BCUT2D eigenvalue weighted by Gasteiger charge is 2.09. The number of methoxy groups -OCH3 is 2. The molecule has 0 aliphatic rings. The third-order valence-electron chi connectivity index (χ3n) is 1.97. The summed E-state index contributed by atoms with van der Waals surface area (Å²) in [6.07, 6.45) is 0. The summed E-state index contributed by atoms with van der Waals surface area (Å²) in [5.74, 6) is 1.30. The SMILES string of the molecule is COCc1nc2cc(OC)c(Br)cc2o1. The lowest BCUT2D eigenvalue weighted by atomic mass is 10.3. The van der Waals surface area contributed by atoms with Crippen molar-refractivity contribution in [1.82, 2.24) is 4.98 Å². The van der Waals surface area contributed by atoms with Gasteiger partial charge in [-0.05, 0) is 15.9 Å². The Balaban J connectivity index is 2.51. The summed E-state index contributed by atoms with van der Waals surface area (Å²) in [5.41, 5.74) is 1.48.